The lowest BCUT2D eigenvalue weighted by Gasteiger charge is -2.30. The molecule has 1 fully saturated rings. The second-order valence-corrected chi connectivity index (χ2v) is 37.5. The Hall–Kier alpha value is -11.6. The highest BCUT2D eigenvalue weighted by Gasteiger charge is 2.39. The van der Waals surface area contributed by atoms with E-state index in [1.54, 1.807) is 92.1 Å². The van der Waals surface area contributed by atoms with E-state index in [1.165, 1.54) is 75.9 Å². The summed E-state index contributed by atoms with van der Waals surface area (Å²) in [6, 6.07) is 39.3. The number of carboxylic acids is 1. The van der Waals surface area contributed by atoms with Gasteiger partial charge in [0.2, 0.25) is 17.7 Å². The molecule has 34 nitrogen and oxygen atoms in total. The number of nitrogens with zero attached hydrogens (tertiary/aromatic N) is 2. The largest absolute Gasteiger partial charge is 0.478 e. The van der Waals surface area contributed by atoms with Crippen LogP contribution in [0, 0.1) is 0 Å². The van der Waals surface area contributed by atoms with Crippen molar-refractivity contribution < 1.29 is 125 Å². The SMILES string of the molecule is CB1O[C@@H](CC(C)=O)CCCC[C@@H]1NC(=O)Cc1ccccc1.CB1O[C@H](CC(C)=O)C/C=C\C[C@@H]1NC(=O)Cc1ccccc1.CC(=O)C[C@H]1C/C=C\C[C@H](NC(=O)Cc2ccccc2)B(O)O1.CC(=O)C[C@H]1C=CC[C@H](NC(=O)/C(=C\C(=O)O)c2cccs2)B(O)O1.CO/N=C(/C(=O)N[C@H]1CC=C[C@H](CC(C)=O)OB1O)c1cccs1.CO/N=C(\C(=O)N[C@H]1CC=C[C@H](CC(C)=O)OB1O)c1cccs1. The smallest absolute Gasteiger partial charge is 0.478 e. The van der Waals surface area contributed by atoms with Crippen LogP contribution in [0.2, 0.25) is 13.6 Å². The Morgan fingerprint density at radius 3 is 1.04 bits per heavy atom. The number of ketones is 6. The van der Waals surface area contributed by atoms with Crippen molar-refractivity contribution in [2.24, 2.45) is 10.3 Å². The first-order valence-corrected chi connectivity index (χ1v) is 49.8. The minimum absolute atomic E-state index is 0.00297. The molecule has 1 saturated heterocycles. The molecule has 0 unspecified atom stereocenters. The zero-order valence-corrected chi connectivity index (χ0v) is 84.1. The number of nitrogens with one attached hydrogen (secondary N) is 6. The number of carbonyl (C=O) groups is 13. The fourth-order valence-electron chi connectivity index (χ4n) is 15.5. The molecule has 3 aromatic heterocycles. The van der Waals surface area contributed by atoms with Crippen LogP contribution < -0.4 is 31.9 Å². The zero-order valence-electron chi connectivity index (χ0n) is 81.7. The number of benzene rings is 3. The van der Waals surface area contributed by atoms with Crippen LogP contribution in [0.15, 0.2) is 221 Å². The monoisotopic (exact) mass is 2010 g/mol. The van der Waals surface area contributed by atoms with Gasteiger partial charge >= 0.3 is 48.3 Å². The third-order valence-electron chi connectivity index (χ3n) is 22.2. The molecule has 12 rings (SSSR count). The number of thiophene rings is 3. The summed E-state index contributed by atoms with van der Waals surface area (Å²) in [6.07, 6.45) is 27.4. The highest BCUT2D eigenvalue weighted by atomic mass is 32.1. The lowest BCUT2D eigenvalue weighted by molar-refractivity contribution is -0.132. The molecule has 0 bridgehead atoms. The quantitative estimate of drug-likeness (QED) is 0.00600. The van der Waals surface area contributed by atoms with Crippen LogP contribution in [-0.2, 0) is 119 Å². The van der Waals surface area contributed by atoms with Gasteiger partial charge in [-0.1, -0.05) is 207 Å². The maximum Gasteiger partial charge on any atom is 0.478 e. The van der Waals surface area contributed by atoms with Crippen LogP contribution >= 0.6 is 34.0 Å². The van der Waals surface area contributed by atoms with E-state index in [0.29, 0.717) is 72.4 Å². The van der Waals surface area contributed by atoms with Crippen molar-refractivity contribution in [2.45, 2.75) is 256 Å². The molecule has 0 radical (unpaired) electrons. The number of carbonyl (C=O) groups excluding carboxylic acids is 12. The lowest BCUT2D eigenvalue weighted by Crippen LogP contribution is -2.50. The number of rotatable bonds is 33. The Bertz CT molecular complexity index is 5050. The van der Waals surface area contributed by atoms with Gasteiger partial charge in [-0.2, -0.15) is 0 Å². The Morgan fingerprint density at radius 1 is 0.359 bits per heavy atom. The molecule has 0 aliphatic carbocycles. The minimum atomic E-state index is -1.31. The van der Waals surface area contributed by atoms with Gasteiger partial charge in [0, 0.05) is 67.5 Å². The van der Waals surface area contributed by atoms with Crippen LogP contribution in [-0.4, -0.2) is 242 Å². The van der Waals surface area contributed by atoms with Crippen molar-refractivity contribution in [3.05, 3.63) is 242 Å². The first kappa shape index (κ1) is 117. The van der Waals surface area contributed by atoms with Crippen LogP contribution in [0.25, 0.3) is 5.57 Å². The number of oxime groups is 2. The van der Waals surface area contributed by atoms with Gasteiger partial charge in [-0.3, -0.25) is 57.5 Å². The summed E-state index contributed by atoms with van der Waals surface area (Å²) >= 11 is 3.95. The molecule has 12 atom stereocenters. The van der Waals surface area contributed by atoms with Crippen molar-refractivity contribution in [1.82, 2.24) is 31.9 Å². The average Bonchev–Trinajstić information content (AvgIpc) is 1.62. The molecule has 11 N–H and O–H groups in total. The molecule has 756 valence electrons. The van der Waals surface area contributed by atoms with Crippen LogP contribution in [0.3, 0.4) is 0 Å². The summed E-state index contributed by atoms with van der Waals surface area (Å²) in [6.45, 7) is 12.8. The number of hydrogen-bond acceptors (Lipinski definition) is 30. The lowest BCUT2D eigenvalue weighted by atomic mass is 9.60. The summed E-state index contributed by atoms with van der Waals surface area (Å²) in [5, 5.41) is 79.6. The van der Waals surface area contributed by atoms with E-state index in [1.807, 2.05) is 134 Å². The second-order valence-electron chi connectivity index (χ2n) is 34.7. The molecule has 0 spiro atoms. The fourth-order valence-corrected chi connectivity index (χ4v) is 17.6. The maximum atomic E-state index is 12.5. The molecule has 6 amide bonds. The van der Waals surface area contributed by atoms with E-state index in [4.69, 9.17) is 42.7 Å². The van der Waals surface area contributed by atoms with Crippen molar-refractivity contribution in [1.29, 1.82) is 0 Å². The average molecular weight is 2010 g/mol. The van der Waals surface area contributed by atoms with E-state index in [0.717, 1.165) is 61.3 Å². The molecule has 43 heteroatoms. The maximum absolute atomic E-state index is 12.5. The van der Waals surface area contributed by atoms with Crippen LogP contribution in [0.5, 0.6) is 0 Å². The summed E-state index contributed by atoms with van der Waals surface area (Å²) < 4.78 is 33.8. The van der Waals surface area contributed by atoms with Gasteiger partial charge in [0.1, 0.15) is 48.9 Å². The predicted molar refractivity (Wildman–Crippen MR) is 550 cm³/mol. The number of hydrogen-bond donors (Lipinski definition) is 11. The molecular formula is C99H128B6N8O26S3. The normalized spacial score (nSPS) is 21.8. The predicted octanol–water partition coefficient (Wildman–Crippen LogP) is 9.75. The molecule has 6 aliphatic heterocycles. The summed E-state index contributed by atoms with van der Waals surface area (Å²) in [7, 11) is -2.15. The highest BCUT2D eigenvalue weighted by molar-refractivity contribution is 7.13. The summed E-state index contributed by atoms with van der Waals surface area (Å²) in [5.74, 6) is -5.39. The van der Waals surface area contributed by atoms with Crippen molar-refractivity contribution in [3.8, 4) is 0 Å². The third-order valence-corrected chi connectivity index (χ3v) is 24.9. The van der Waals surface area contributed by atoms with Gasteiger partial charge in [0.25, 0.3) is 17.7 Å². The van der Waals surface area contributed by atoms with Gasteiger partial charge in [-0.25, -0.2) is 4.79 Å². The van der Waals surface area contributed by atoms with Gasteiger partial charge in [-0.15, -0.1) is 34.0 Å². The molecule has 9 heterocycles. The number of Topliss-reactive ketones (excluding diaryl/α,β-unsaturated/α-hetero) is 6. The highest BCUT2D eigenvalue weighted by Crippen LogP contribution is 2.26. The molecule has 142 heavy (non-hydrogen) atoms. The standard InChI is InChI=1S/C18H26BNO3.C18H24BNO3.C17H22BNO4.C16H18BNO6S.2C15H19BN2O5S/c2*1-14(21)12-16-10-6-7-11-17(19(2)23-16)20-18(22)13-15-8-4-3-5-9-15;1-13(20)11-15-9-5-6-10-16(18(22)23-15)19-17(21)12-14-7-3-2-4-8-14;1-10(19)8-11-4-2-6-14(17(23)24-11)18-16(22)12(9-15(20)21)13-5-3-7-25-13;2*1-10(19)9-11-5-3-7-13(16(21)23-11)17-15(20)14(18-22-2)12-6-4-8-24-12/h3-5,8-9,16-17H,6-7,10-13H2,1-2H3,(H,20,22);3-9,16-17H,10-13H2,1-2H3,(H,20,22);2-8,15-16,22H,9-12H2,1H3,(H,19,21);2-5,7,9,11,14,23H,6,8H2,1H3,(H,18,22)(H,20,21);2*3-6,8,11,13,21H,7,9H2,1-2H3,(H,17,20)/b;7-6-;6-5-;12-9-;18-14+;18-14-/t16-,17+;16-,17-;15-,16+;11-,14+;2*11-,13+/m101111/s1. The van der Waals surface area contributed by atoms with Crippen molar-refractivity contribution in [2.75, 3.05) is 14.2 Å². The summed E-state index contributed by atoms with van der Waals surface area (Å²) in [4.78, 5) is 164. The summed E-state index contributed by atoms with van der Waals surface area (Å²) in [5.41, 5.74) is 3.19. The van der Waals surface area contributed by atoms with E-state index >= 15 is 0 Å². The van der Waals surface area contributed by atoms with Crippen LogP contribution in [0.1, 0.15) is 182 Å². The number of amides is 6. The Labute approximate surface area is 843 Å². The van der Waals surface area contributed by atoms with E-state index in [9.17, 15) is 82.4 Å². The zero-order chi connectivity index (χ0) is 103. The van der Waals surface area contributed by atoms with E-state index in [-0.39, 0.29) is 146 Å². The second kappa shape index (κ2) is 64.2. The van der Waals surface area contributed by atoms with E-state index < -0.39 is 94.2 Å². The van der Waals surface area contributed by atoms with Crippen molar-refractivity contribution in [3.63, 3.8) is 0 Å². The van der Waals surface area contributed by atoms with Gasteiger partial charge in [0.15, 0.2) is 11.4 Å². The first-order chi connectivity index (χ1) is 68.0. The molecule has 3 aromatic carbocycles. The van der Waals surface area contributed by atoms with Crippen molar-refractivity contribution >= 4 is 169 Å². The fraction of sp³-hybridized carbons (Fsp3) is 0.424. The van der Waals surface area contributed by atoms with Gasteiger partial charge in [0.05, 0.1) is 88.9 Å². The Kier molecular flexibility index (Phi) is 53.0. The first-order valence-electron chi connectivity index (χ1n) is 47.1. The molecule has 0 saturated carbocycles. The number of carboxylic acid groups (broad SMARTS) is 1. The molecule has 6 aromatic rings. The van der Waals surface area contributed by atoms with Crippen LogP contribution in [0.4, 0.5) is 0 Å². The number of aliphatic carboxylic acids is 1. The van der Waals surface area contributed by atoms with E-state index in [2.05, 4.69) is 48.3 Å². The minimum Gasteiger partial charge on any atom is -0.478 e. The Balaban J connectivity index is 0.000000231. The molecular weight excluding hydrogens is 1880 g/mol. The topological polar surface area (TPSA) is 494 Å². The molecule has 6 aliphatic rings. The third kappa shape index (κ3) is 45.4. The van der Waals surface area contributed by atoms with Gasteiger partial charge in [-0.05, 0) is 150 Å². The Morgan fingerprint density at radius 2 is 0.669 bits per heavy atom. The van der Waals surface area contributed by atoms with Gasteiger partial charge < -0.3 is 94.7 Å².